The van der Waals surface area contributed by atoms with E-state index in [0.717, 1.165) is 25.7 Å². The predicted molar refractivity (Wildman–Crippen MR) is 219 cm³/mol. The molecule has 7 rings (SSSR count). The molecule has 2 atom stereocenters. The fourth-order valence-electron chi connectivity index (χ4n) is 9.83. The van der Waals surface area contributed by atoms with Crippen LogP contribution in [0.15, 0.2) is 112 Å². The second kappa shape index (κ2) is 17.5. The minimum absolute atomic E-state index is 0. The first-order valence-corrected chi connectivity index (χ1v) is 23.0. The van der Waals surface area contributed by atoms with Crippen LogP contribution in [0, 0.1) is 17.3 Å². The molecular weight excluding hydrogens is 791 g/mol. The van der Waals surface area contributed by atoms with Gasteiger partial charge in [-0.2, -0.15) is 0 Å². The largest absolute Gasteiger partial charge is 1.00 e. The predicted octanol–water partition coefficient (Wildman–Crippen LogP) is 7.91. The summed E-state index contributed by atoms with van der Waals surface area (Å²) in [6.07, 6.45) is 14.1. The van der Waals surface area contributed by atoms with Gasteiger partial charge in [0.1, 0.15) is 0 Å². The maximum atomic E-state index is 6.73. The fraction of sp³-hybridized carbons (Fsp3) is 0.447. The zero-order chi connectivity index (χ0) is 35.2. The Balaban J connectivity index is 0.00000261. The second-order valence-electron chi connectivity index (χ2n) is 15.6. The number of allylic oxidation sites excluding steroid dienone is 12. The normalized spacial score (nSPS) is 21.3. The fourth-order valence-corrected chi connectivity index (χ4v) is 16.0. The van der Waals surface area contributed by atoms with Gasteiger partial charge in [-0.25, -0.2) is 0 Å². The molecule has 1 heterocycles. The number of benzene rings is 2. The van der Waals surface area contributed by atoms with Gasteiger partial charge in [0.15, 0.2) is 0 Å². The Hall–Kier alpha value is -1.48. The van der Waals surface area contributed by atoms with E-state index in [1.807, 2.05) is 0 Å². The van der Waals surface area contributed by atoms with Gasteiger partial charge in [0.25, 0.3) is 0 Å². The molecule has 4 bridgehead atoms. The third kappa shape index (κ3) is 6.85. The Labute approximate surface area is 349 Å². The van der Waals surface area contributed by atoms with Crippen molar-refractivity contribution >= 4 is 45.3 Å². The molecule has 4 aliphatic carbocycles. The molecule has 2 aromatic rings. The number of hydrogen-bond acceptors (Lipinski definition) is 2. The SMILES string of the molecule is CCCCC1=[C]2[Zr+2][C]3=C(CCCC)C(=S)C4=C(CCCC)C(=C(c5ccccc5)C34)C(C)(C)C3=C(c4ccccc4)C2C(=C3CCCC)C1=S.[Cl-].[Cl-]. The summed E-state index contributed by atoms with van der Waals surface area (Å²) >= 11 is 12.1. The van der Waals surface area contributed by atoms with E-state index in [4.69, 9.17) is 24.4 Å². The van der Waals surface area contributed by atoms with Crippen LogP contribution in [0.2, 0.25) is 0 Å². The summed E-state index contributed by atoms with van der Waals surface area (Å²) < 4.78 is 3.54. The summed E-state index contributed by atoms with van der Waals surface area (Å²) in [7, 11) is 0. The first kappa shape index (κ1) is 41.7. The summed E-state index contributed by atoms with van der Waals surface area (Å²) in [5, 5.41) is 0. The molecule has 0 aromatic heterocycles. The van der Waals surface area contributed by atoms with Crippen molar-refractivity contribution in [1.82, 2.24) is 0 Å². The van der Waals surface area contributed by atoms with Gasteiger partial charge in [0, 0.05) is 0 Å². The van der Waals surface area contributed by atoms with Crippen LogP contribution in [0.5, 0.6) is 0 Å². The Kier molecular flexibility index (Phi) is 14.1. The van der Waals surface area contributed by atoms with Crippen LogP contribution < -0.4 is 24.8 Å². The standard InChI is InChI=1S/C47H54S2.2ClH.Zr/c1-7-11-21-33-29-37-39(31-23-17-15-18-24-31)43(35(27-13-9-3)41(37)45(33)48)47(5,6)44-36(28-14-10-4)42-38(30-34(46(42)49)22-12-8-2)40(44)32-25-19-16-20-26-32;;;/h15-20,23-26,37-38H,7-14,21-22,27-28H2,1-6H3;2*1H;/q;;;+2/p-2. The molecule has 0 saturated carbocycles. The Morgan fingerprint density at radius 2 is 0.827 bits per heavy atom. The molecule has 0 N–H and O–H groups in total. The number of halogens is 2. The van der Waals surface area contributed by atoms with Crippen molar-refractivity contribution in [1.29, 1.82) is 0 Å². The first-order chi connectivity index (χ1) is 24.3. The number of thiocarbonyl (C=S) groups is 2. The average Bonchev–Trinajstić information content (AvgIpc) is 3.81. The minimum Gasteiger partial charge on any atom is -1.00 e. The van der Waals surface area contributed by atoms with E-state index in [0.29, 0.717) is 11.8 Å². The van der Waals surface area contributed by atoms with Crippen LogP contribution in [-0.2, 0) is 23.2 Å². The molecule has 272 valence electrons. The maximum absolute atomic E-state index is 6.73. The number of rotatable bonds is 14. The van der Waals surface area contributed by atoms with Crippen LogP contribution in [0.3, 0.4) is 0 Å². The summed E-state index contributed by atoms with van der Waals surface area (Å²) in [5.41, 5.74) is 18.3. The molecule has 0 spiro atoms. The third-order valence-electron chi connectivity index (χ3n) is 12.0. The van der Waals surface area contributed by atoms with Crippen molar-refractivity contribution in [2.24, 2.45) is 17.3 Å². The molecule has 52 heavy (non-hydrogen) atoms. The van der Waals surface area contributed by atoms with E-state index >= 15 is 0 Å². The monoisotopic (exact) mass is 842 g/mol. The maximum Gasteiger partial charge on any atom is -1.00 e. The Morgan fingerprint density at radius 3 is 1.15 bits per heavy atom. The van der Waals surface area contributed by atoms with E-state index in [-0.39, 0.29) is 30.2 Å². The van der Waals surface area contributed by atoms with Gasteiger partial charge in [-0.1, -0.05) is 0 Å². The second-order valence-corrected chi connectivity index (χ2v) is 19.6. The first-order valence-electron chi connectivity index (χ1n) is 19.7. The molecule has 2 unspecified atom stereocenters. The minimum atomic E-state index is -1.32. The zero-order valence-electron chi connectivity index (χ0n) is 32.0. The van der Waals surface area contributed by atoms with Gasteiger partial charge in [-0.05, 0) is 0 Å². The summed E-state index contributed by atoms with van der Waals surface area (Å²) in [6, 6.07) is 23.0. The average molecular weight is 845 g/mol. The molecule has 0 nitrogen and oxygen atoms in total. The molecule has 1 aliphatic heterocycles. The summed E-state index contributed by atoms with van der Waals surface area (Å²) in [6.45, 7) is 14.5. The quantitative estimate of drug-likeness (QED) is 0.178. The molecule has 5 aliphatic rings. The van der Waals surface area contributed by atoms with Gasteiger partial charge in [-0.15, -0.1) is 0 Å². The topological polar surface area (TPSA) is 0 Å². The summed E-state index contributed by atoms with van der Waals surface area (Å²) in [5.74, 6) is 0.638. The van der Waals surface area contributed by atoms with Crippen LogP contribution in [-0.4, -0.2) is 9.73 Å². The van der Waals surface area contributed by atoms with Gasteiger partial charge in [0.2, 0.25) is 0 Å². The summed E-state index contributed by atoms with van der Waals surface area (Å²) in [4.78, 5) is 2.45. The van der Waals surface area contributed by atoms with Crippen LogP contribution in [0.25, 0.3) is 11.1 Å². The Bertz CT molecular complexity index is 1780. The van der Waals surface area contributed by atoms with Crippen LogP contribution >= 0.6 is 24.4 Å². The van der Waals surface area contributed by atoms with Crippen molar-refractivity contribution in [3.05, 3.63) is 123 Å². The van der Waals surface area contributed by atoms with Crippen molar-refractivity contribution < 1.29 is 48.0 Å². The van der Waals surface area contributed by atoms with E-state index in [1.54, 1.807) is 51.1 Å². The number of hydrogen-bond donors (Lipinski definition) is 0. The van der Waals surface area contributed by atoms with Gasteiger partial charge < -0.3 is 24.8 Å². The number of unbranched alkanes of at least 4 members (excludes halogenated alkanes) is 4. The Morgan fingerprint density at radius 1 is 0.500 bits per heavy atom. The third-order valence-corrected chi connectivity index (χ3v) is 17.2. The van der Waals surface area contributed by atoms with Crippen molar-refractivity contribution in [2.45, 2.75) is 119 Å². The van der Waals surface area contributed by atoms with Gasteiger partial charge in [-0.3, -0.25) is 0 Å². The molecule has 5 heteroatoms. The van der Waals surface area contributed by atoms with E-state index in [9.17, 15) is 0 Å². The zero-order valence-corrected chi connectivity index (χ0v) is 37.6. The molecule has 0 amide bonds. The van der Waals surface area contributed by atoms with Crippen molar-refractivity contribution in [2.75, 3.05) is 0 Å². The molecule has 2 aromatic carbocycles. The van der Waals surface area contributed by atoms with Crippen molar-refractivity contribution in [3.8, 4) is 0 Å². The van der Waals surface area contributed by atoms with E-state index in [2.05, 4.69) is 102 Å². The van der Waals surface area contributed by atoms with Crippen LogP contribution in [0.4, 0.5) is 0 Å². The molecule has 0 radical (unpaired) electrons. The van der Waals surface area contributed by atoms with Gasteiger partial charge in [0.05, 0.1) is 0 Å². The molecule has 0 fully saturated rings. The van der Waals surface area contributed by atoms with Gasteiger partial charge >= 0.3 is 327 Å². The molecule has 0 saturated heterocycles. The smallest absolute Gasteiger partial charge is 1.00 e. The van der Waals surface area contributed by atoms with E-state index in [1.165, 1.54) is 83.4 Å². The van der Waals surface area contributed by atoms with Crippen molar-refractivity contribution in [3.63, 3.8) is 0 Å². The molecular formula is C47H54Cl2S2Zr. The van der Waals surface area contributed by atoms with Crippen LogP contribution in [0.1, 0.15) is 130 Å². The van der Waals surface area contributed by atoms with E-state index < -0.39 is 23.2 Å².